The van der Waals surface area contributed by atoms with E-state index in [4.69, 9.17) is 18.9 Å². The van der Waals surface area contributed by atoms with Gasteiger partial charge in [-0.2, -0.15) is 0 Å². The van der Waals surface area contributed by atoms with E-state index >= 15 is 0 Å². The lowest BCUT2D eigenvalue weighted by molar-refractivity contribution is 0.0220. The van der Waals surface area contributed by atoms with Crippen molar-refractivity contribution in [3.05, 3.63) is 64.2 Å². The molecule has 0 saturated heterocycles. The molecular formula is C25H29NO7. The van der Waals surface area contributed by atoms with Crippen LogP contribution in [0.4, 0.5) is 4.79 Å². The molecule has 1 heterocycles. The van der Waals surface area contributed by atoms with E-state index in [1.54, 1.807) is 35.2 Å². The first-order chi connectivity index (χ1) is 15.6. The van der Waals surface area contributed by atoms with Gasteiger partial charge in [-0.25, -0.2) is 14.4 Å². The zero-order chi connectivity index (χ0) is 24.2. The summed E-state index contributed by atoms with van der Waals surface area (Å²) in [4.78, 5) is 38.2. The van der Waals surface area contributed by atoms with Crippen molar-refractivity contribution >= 4 is 18.0 Å². The summed E-state index contributed by atoms with van der Waals surface area (Å²) in [6, 6.07) is 10.4. The molecule has 3 rings (SSSR count). The topological polar surface area (TPSA) is 91.4 Å². The predicted molar refractivity (Wildman–Crippen MR) is 120 cm³/mol. The maximum Gasteiger partial charge on any atom is 0.410 e. The largest absolute Gasteiger partial charge is 0.489 e. The van der Waals surface area contributed by atoms with Gasteiger partial charge in [-0.05, 0) is 68.1 Å². The van der Waals surface area contributed by atoms with E-state index in [1.165, 1.54) is 14.2 Å². The molecule has 0 radical (unpaired) electrons. The first kappa shape index (κ1) is 24.1. The van der Waals surface area contributed by atoms with Crippen LogP contribution in [-0.2, 0) is 33.8 Å². The number of nitrogens with zero attached hydrogens (tertiary/aromatic N) is 1. The number of methoxy groups -OCH3 is 2. The van der Waals surface area contributed by atoms with E-state index in [1.807, 2.05) is 26.8 Å². The van der Waals surface area contributed by atoms with Gasteiger partial charge in [0.2, 0.25) is 0 Å². The number of carbonyl (C=O) groups is 3. The highest BCUT2D eigenvalue weighted by Crippen LogP contribution is 2.30. The van der Waals surface area contributed by atoms with Crippen molar-refractivity contribution < 1.29 is 33.3 Å². The molecule has 8 heteroatoms. The number of amides is 1. The molecule has 1 aliphatic rings. The normalized spacial score (nSPS) is 13.1. The van der Waals surface area contributed by atoms with Crippen molar-refractivity contribution in [3.63, 3.8) is 0 Å². The van der Waals surface area contributed by atoms with E-state index in [2.05, 4.69) is 0 Å². The van der Waals surface area contributed by atoms with E-state index < -0.39 is 23.6 Å². The van der Waals surface area contributed by atoms with Gasteiger partial charge in [-0.3, -0.25) is 0 Å². The lowest BCUT2D eigenvalue weighted by atomic mass is 9.94. The highest BCUT2D eigenvalue weighted by molar-refractivity contribution is 5.92. The molecule has 0 aliphatic carbocycles. The van der Waals surface area contributed by atoms with E-state index in [-0.39, 0.29) is 13.2 Å². The quantitative estimate of drug-likeness (QED) is 0.494. The minimum Gasteiger partial charge on any atom is -0.489 e. The van der Waals surface area contributed by atoms with E-state index in [0.29, 0.717) is 29.8 Å². The van der Waals surface area contributed by atoms with Gasteiger partial charge < -0.3 is 23.8 Å². The van der Waals surface area contributed by atoms with E-state index in [9.17, 15) is 14.4 Å². The Bertz CT molecular complexity index is 1040. The third-order valence-corrected chi connectivity index (χ3v) is 5.15. The fourth-order valence-electron chi connectivity index (χ4n) is 3.52. The molecule has 0 saturated carbocycles. The molecule has 8 nitrogen and oxygen atoms in total. The summed E-state index contributed by atoms with van der Waals surface area (Å²) < 4.78 is 21.1. The fraction of sp³-hybridized carbons (Fsp3) is 0.400. The smallest absolute Gasteiger partial charge is 0.410 e. The van der Waals surface area contributed by atoms with Crippen molar-refractivity contribution in [2.45, 2.75) is 45.9 Å². The second-order valence-corrected chi connectivity index (χ2v) is 8.73. The Kier molecular flexibility index (Phi) is 7.26. The van der Waals surface area contributed by atoms with Crippen LogP contribution < -0.4 is 4.74 Å². The van der Waals surface area contributed by atoms with Gasteiger partial charge >= 0.3 is 18.0 Å². The zero-order valence-corrected chi connectivity index (χ0v) is 19.6. The second kappa shape index (κ2) is 9.94. The Morgan fingerprint density at radius 3 is 2.24 bits per heavy atom. The number of hydrogen-bond donors (Lipinski definition) is 0. The van der Waals surface area contributed by atoms with Crippen LogP contribution in [-0.4, -0.2) is 49.3 Å². The van der Waals surface area contributed by atoms with Gasteiger partial charge in [0.05, 0.1) is 31.9 Å². The molecule has 0 atom stereocenters. The van der Waals surface area contributed by atoms with Crippen molar-refractivity contribution in [1.29, 1.82) is 0 Å². The lowest BCUT2D eigenvalue weighted by Crippen LogP contribution is -2.40. The minimum absolute atomic E-state index is 0.254. The van der Waals surface area contributed by atoms with Crippen LogP contribution in [0, 0.1) is 0 Å². The molecule has 33 heavy (non-hydrogen) atoms. The van der Waals surface area contributed by atoms with Crippen LogP contribution >= 0.6 is 0 Å². The Hall–Kier alpha value is -3.55. The summed E-state index contributed by atoms with van der Waals surface area (Å²) in [5.74, 6) is -0.373. The number of carbonyl (C=O) groups excluding carboxylic acids is 3. The summed E-state index contributed by atoms with van der Waals surface area (Å²) >= 11 is 0. The molecule has 1 amide bonds. The minimum atomic E-state index is -0.602. The average Bonchev–Trinajstić information content (AvgIpc) is 2.80. The Labute approximate surface area is 193 Å². The maximum atomic E-state index is 12.5. The van der Waals surface area contributed by atoms with Gasteiger partial charge in [-0.1, -0.05) is 12.1 Å². The predicted octanol–water partition coefficient (Wildman–Crippen LogP) is 4.13. The van der Waals surface area contributed by atoms with Crippen molar-refractivity contribution in [1.82, 2.24) is 4.90 Å². The van der Waals surface area contributed by atoms with Crippen LogP contribution in [0.15, 0.2) is 36.4 Å². The zero-order valence-electron chi connectivity index (χ0n) is 19.6. The summed E-state index contributed by atoms with van der Waals surface area (Å²) in [6.45, 7) is 6.43. The number of rotatable bonds is 5. The van der Waals surface area contributed by atoms with Crippen LogP contribution in [0.3, 0.4) is 0 Å². The Balaban J connectivity index is 1.79. The van der Waals surface area contributed by atoms with Gasteiger partial charge in [-0.15, -0.1) is 0 Å². The number of fused-ring (bicyclic) bond motifs is 1. The molecule has 0 N–H and O–H groups in total. The number of ether oxygens (including phenoxy) is 4. The molecular weight excluding hydrogens is 426 g/mol. The molecule has 0 aromatic heterocycles. The van der Waals surface area contributed by atoms with Crippen molar-refractivity contribution in [2.75, 3.05) is 20.8 Å². The highest BCUT2D eigenvalue weighted by atomic mass is 16.6. The summed E-state index contributed by atoms with van der Waals surface area (Å²) in [5.41, 5.74) is 2.73. The Morgan fingerprint density at radius 2 is 1.64 bits per heavy atom. The molecule has 0 fully saturated rings. The third kappa shape index (κ3) is 6.03. The lowest BCUT2D eigenvalue weighted by Gasteiger charge is -2.32. The molecule has 2 aromatic rings. The molecule has 0 spiro atoms. The van der Waals surface area contributed by atoms with Crippen LogP contribution in [0.5, 0.6) is 5.75 Å². The Morgan fingerprint density at radius 1 is 0.970 bits per heavy atom. The number of hydrogen-bond acceptors (Lipinski definition) is 7. The van der Waals surface area contributed by atoms with Crippen LogP contribution in [0.2, 0.25) is 0 Å². The molecule has 0 bridgehead atoms. The number of esters is 2. The molecule has 1 aliphatic heterocycles. The summed E-state index contributed by atoms with van der Waals surface area (Å²) in [6.07, 6.45) is 0.142. The molecule has 2 aromatic carbocycles. The SMILES string of the molecule is COC(=O)c1ccc(COc2cc3c(c(C(=O)OC)c2)CN(C(=O)OC(C)(C)C)CC3)cc1. The standard InChI is InChI=1S/C25H29NO7/c1-25(2,3)33-24(29)26-11-10-18-12-19(13-20(21(18)14-26)23(28)31-5)32-15-16-6-8-17(9-7-16)22(27)30-4/h6-9,12-13H,10-11,14-15H2,1-5H3. The molecule has 176 valence electrons. The van der Waals surface area contributed by atoms with Crippen LogP contribution in [0.25, 0.3) is 0 Å². The molecule has 0 unspecified atom stereocenters. The van der Waals surface area contributed by atoms with Crippen molar-refractivity contribution in [2.24, 2.45) is 0 Å². The summed E-state index contributed by atoms with van der Waals surface area (Å²) in [5, 5.41) is 0. The highest BCUT2D eigenvalue weighted by Gasteiger charge is 2.29. The van der Waals surface area contributed by atoms with Gasteiger partial charge in [0.25, 0.3) is 0 Å². The second-order valence-electron chi connectivity index (χ2n) is 8.73. The van der Waals surface area contributed by atoms with Crippen molar-refractivity contribution in [3.8, 4) is 5.75 Å². The maximum absolute atomic E-state index is 12.5. The van der Waals surface area contributed by atoms with Gasteiger partial charge in [0.1, 0.15) is 18.0 Å². The van der Waals surface area contributed by atoms with Gasteiger partial charge in [0, 0.05) is 6.54 Å². The monoisotopic (exact) mass is 455 g/mol. The third-order valence-electron chi connectivity index (χ3n) is 5.15. The van der Waals surface area contributed by atoms with E-state index in [0.717, 1.165) is 16.7 Å². The average molecular weight is 456 g/mol. The van der Waals surface area contributed by atoms with Crippen LogP contribution in [0.1, 0.15) is 58.2 Å². The van der Waals surface area contributed by atoms with Gasteiger partial charge in [0.15, 0.2) is 0 Å². The first-order valence-corrected chi connectivity index (χ1v) is 10.6. The fourth-order valence-corrected chi connectivity index (χ4v) is 3.52. The number of benzene rings is 2. The summed E-state index contributed by atoms with van der Waals surface area (Å²) in [7, 11) is 2.65. The first-order valence-electron chi connectivity index (χ1n) is 10.6.